The molecule has 1 atom stereocenters. The summed E-state index contributed by atoms with van der Waals surface area (Å²) in [5, 5.41) is 2.77. The molecule has 0 aliphatic heterocycles. The zero-order chi connectivity index (χ0) is 20.3. The molecule has 0 aromatic heterocycles. The minimum Gasteiger partial charge on any atom is -0.353 e. The minimum absolute atomic E-state index is 0.101. The maximum Gasteiger partial charge on any atom is 0.395 e. The largest absolute Gasteiger partial charge is 0.395 e. The molecule has 0 aromatic carbocycles. The Morgan fingerprint density at radius 3 is 2.37 bits per heavy atom. The molecule has 0 heterocycles. The van der Waals surface area contributed by atoms with Crippen molar-refractivity contribution in [1.82, 2.24) is 5.32 Å². The average Bonchev–Trinajstić information content (AvgIpc) is 3.40. The molecule has 1 saturated carbocycles. The molecule has 1 N–H and O–H groups in total. The van der Waals surface area contributed by atoms with Gasteiger partial charge in [0, 0.05) is 12.5 Å². The summed E-state index contributed by atoms with van der Waals surface area (Å²) in [4.78, 5) is 11.9. The van der Waals surface area contributed by atoms with Gasteiger partial charge < -0.3 is 5.32 Å². The van der Waals surface area contributed by atoms with Gasteiger partial charge >= 0.3 is 6.18 Å². The number of allylic oxidation sites excluding steroid dienone is 5. The molecule has 5 heteroatoms. The summed E-state index contributed by atoms with van der Waals surface area (Å²) in [6, 6.07) is 0.170. The lowest BCUT2D eigenvalue weighted by Crippen LogP contribution is -2.29. The Bertz CT molecular complexity index is 530. The fraction of sp³-hybridized carbons (Fsp3) is 0.682. The molecule has 0 spiro atoms. The van der Waals surface area contributed by atoms with Gasteiger partial charge in [-0.2, -0.15) is 13.2 Å². The van der Waals surface area contributed by atoms with Crippen molar-refractivity contribution in [1.29, 1.82) is 0 Å². The summed E-state index contributed by atoms with van der Waals surface area (Å²) < 4.78 is 41.1. The number of carbonyl (C=O) groups excluding carboxylic acids is 1. The van der Waals surface area contributed by atoms with Crippen LogP contribution in [0.1, 0.15) is 78.1 Å². The molecular formula is C22H34F3NO. The van der Waals surface area contributed by atoms with Crippen LogP contribution in [0.3, 0.4) is 0 Å². The Kier molecular flexibility index (Phi) is 10.5. The van der Waals surface area contributed by atoms with Gasteiger partial charge in [-0.05, 0) is 44.1 Å². The van der Waals surface area contributed by atoms with Gasteiger partial charge in [0.2, 0.25) is 5.91 Å². The summed E-state index contributed by atoms with van der Waals surface area (Å²) in [6.45, 7) is 8.02. The summed E-state index contributed by atoms with van der Waals surface area (Å²) in [5.74, 6) is -1.90. The van der Waals surface area contributed by atoms with E-state index in [1.54, 1.807) is 18.2 Å². The van der Waals surface area contributed by atoms with E-state index in [2.05, 4.69) is 18.8 Å². The zero-order valence-electron chi connectivity index (χ0n) is 16.7. The van der Waals surface area contributed by atoms with Crippen molar-refractivity contribution in [3.63, 3.8) is 0 Å². The summed E-state index contributed by atoms with van der Waals surface area (Å²) in [5.41, 5.74) is 1.10. The lowest BCUT2D eigenvalue weighted by molar-refractivity contribution is -0.165. The van der Waals surface area contributed by atoms with Crippen LogP contribution in [0.15, 0.2) is 36.0 Å². The predicted molar refractivity (Wildman–Crippen MR) is 105 cm³/mol. The Labute approximate surface area is 162 Å². The number of hydrogen-bond acceptors (Lipinski definition) is 1. The van der Waals surface area contributed by atoms with Gasteiger partial charge in [-0.15, -0.1) is 0 Å². The Hall–Kier alpha value is -1.52. The highest BCUT2D eigenvalue weighted by atomic mass is 19.4. The molecule has 0 bridgehead atoms. The first-order chi connectivity index (χ1) is 12.8. The van der Waals surface area contributed by atoms with Crippen LogP contribution < -0.4 is 5.32 Å². The van der Waals surface area contributed by atoms with Crippen molar-refractivity contribution < 1.29 is 18.0 Å². The van der Waals surface area contributed by atoms with E-state index in [-0.39, 0.29) is 30.4 Å². The Morgan fingerprint density at radius 1 is 1.15 bits per heavy atom. The molecule has 1 aliphatic rings. The normalized spacial score (nSPS) is 16.6. The molecule has 1 unspecified atom stereocenters. The van der Waals surface area contributed by atoms with Gasteiger partial charge in [-0.1, -0.05) is 63.5 Å². The summed E-state index contributed by atoms with van der Waals surface area (Å²) in [6.07, 6.45) is 7.29. The number of rotatable bonds is 13. The molecule has 0 aromatic rings. The van der Waals surface area contributed by atoms with E-state index in [0.717, 1.165) is 50.5 Å². The van der Waals surface area contributed by atoms with Gasteiger partial charge in [0.25, 0.3) is 0 Å². The van der Waals surface area contributed by atoms with Crippen molar-refractivity contribution in [3.05, 3.63) is 36.0 Å². The lowest BCUT2D eigenvalue weighted by Gasteiger charge is -2.22. The fourth-order valence-corrected chi connectivity index (χ4v) is 2.82. The van der Waals surface area contributed by atoms with E-state index in [1.807, 2.05) is 6.92 Å². The maximum absolute atomic E-state index is 13.7. The van der Waals surface area contributed by atoms with Crippen LogP contribution in [-0.4, -0.2) is 18.1 Å². The second kappa shape index (κ2) is 12.0. The third kappa shape index (κ3) is 10.4. The van der Waals surface area contributed by atoms with Crippen LogP contribution in [0.25, 0.3) is 0 Å². The molecule has 0 saturated heterocycles. The van der Waals surface area contributed by atoms with Crippen molar-refractivity contribution in [2.75, 3.05) is 0 Å². The van der Waals surface area contributed by atoms with Crippen LogP contribution in [0, 0.1) is 5.92 Å². The van der Waals surface area contributed by atoms with E-state index in [4.69, 9.17) is 0 Å². The quantitative estimate of drug-likeness (QED) is 0.279. The van der Waals surface area contributed by atoms with E-state index in [9.17, 15) is 18.0 Å². The minimum atomic E-state index is -4.37. The number of carbonyl (C=O) groups is 1. The number of alkyl halides is 3. The van der Waals surface area contributed by atoms with Gasteiger partial charge in [-0.25, -0.2) is 0 Å². The van der Waals surface area contributed by atoms with Crippen LogP contribution in [-0.2, 0) is 4.79 Å². The van der Waals surface area contributed by atoms with E-state index >= 15 is 0 Å². The first kappa shape index (κ1) is 23.5. The average molecular weight is 386 g/mol. The number of halogens is 3. The monoisotopic (exact) mass is 385 g/mol. The van der Waals surface area contributed by atoms with E-state index < -0.39 is 12.1 Å². The molecule has 1 amide bonds. The molecule has 1 rings (SSSR count). The van der Waals surface area contributed by atoms with Crippen molar-refractivity contribution in [2.45, 2.75) is 90.3 Å². The van der Waals surface area contributed by atoms with E-state index in [0.29, 0.717) is 6.42 Å². The van der Waals surface area contributed by atoms with Crippen LogP contribution >= 0.6 is 0 Å². The van der Waals surface area contributed by atoms with Gasteiger partial charge in [0.15, 0.2) is 0 Å². The molecular weight excluding hydrogens is 351 g/mol. The Morgan fingerprint density at radius 2 is 1.81 bits per heavy atom. The predicted octanol–water partition coefficient (Wildman–Crippen LogP) is 6.64. The highest BCUT2D eigenvalue weighted by Crippen LogP contribution is 2.36. The summed E-state index contributed by atoms with van der Waals surface area (Å²) in [7, 11) is 0. The van der Waals surface area contributed by atoms with Crippen LogP contribution in [0.2, 0.25) is 0 Å². The SMILES string of the molecule is C=C(/C=C\C(=C/CCCC)C(CCC(=O)NC1CC1)C(F)(F)F)CCCC. The molecule has 2 nitrogen and oxygen atoms in total. The van der Waals surface area contributed by atoms with Crippen molar-refractivity contribution >= 4 is 5.91 Å². The number of unbranched alkanes of at least 4 members (excludes halogenated alkanes) is 3. The third-order valence-electron chi connectivity index (χ3n) is 4.70. The number of nitrogens with one attached hydrogen (secondary N) is 1. The van der Waals surface area contributed by atoms with E-state index in [1.165, 1.54) is 0 Å². The topological polar surface area (TPSA) is 29.1 Å². The molecule has 1 fully saturated rings. The zero-order valence-corrected chi connectivity index (χ0v) is 16.7. The molecule has 27 heavy (non-hydrogen) atoms. The fourth-order valence-electron chi connectivity index (χ4n) is 2.82. The molecule has 0 radical (unpaired) electrons. The standard InChI is InChI=1S/C22H34F3NO/c1-4-6-8-10-18(12-11-17(3)9-7-5-2)20(22(23,24)25)15-16-21(27)26-19-13-14-19/h10-12,19-20H,3-9,13-16H2,1-2H3,(H,26,27)/b12-11-,18-10+. The van der Waals surface area contributed by atoms with Gasteiger partial charge in [0.05, 0.1) is 5.92 Å². The van der Waals surface area contributed by atoms with Crippen molar-refractivity contribution in [3.8, 4) is 0 Å². The smallest absolute Gasteiger partial charge is 0.353 e. The number of hydrogen-bond donors (Lipinski definition) is 1. The first-order valence-corrected chi connectivity index (χ1v) is 10.2. The first-order valence-electron chi connectivity index (χ1n) is 10.2. The maximum atomic E-state index is 13.7. The van der Waals surface area contributed by atoms with Crippen LogP contribution in [0.5, 0.6) is 0 Å². The van der Waals surface area contributed by atoms with Crippen molar-refractivity contribution in [2.24, 2.45) is 5.92 Å². The van der Waals surface area contributed by atoms with Crippen LogP contribution in [0.4, 0.5) is 13.2 Å². The third-order valence-corrected chi connectivity index (χ3v) is 4.70. The lowest BCUT2D eigenvalue weighted by atomic mass is 9.91. The molecule has 154 valence electrons. The Balaban J connectivity index is 2.84. The highest BCUT2D eigenvalue weighted by Gasteiger charge is 2.41. The molecule has 1 aliphatic carbocycles. The van der Waals surface area contributed by atoms with Gasteiger partial charge in [-0.3, -0.25) is 4.79 Å². The summed E-state index contributed by atoms with van der Waals surface area (Å²) >= 11 is 0. The highest BCUT2D eigenvalue weighted by molar-refractivity contribution is 5.76. The van der Waals surface area contributed by atoms with Gasteiger partial charge in [0.1, 0.15) is 0 Å². The number of amides is 1. The second-order valence-electron chi connectivity index (χ2n) is 7.42. The second-order valence-corrected chi connectivity index (χ2v) is 7.42.